The van der Waals surface area contributed by atoms with E-state index in [1.807, 2.05) is 12.1 Å². The molecule has 0 atom stereocenters. The van der Waals surface area contributed by atoms with Gasteiger partial charge < -0.3 is 20.1 Å². The topological polar surface area (TPSA) is 111 Å². The largest absolute Gasteiger partial charge is 0.464 e. The summed E-state index contributed by atoms with van der Waals surface area (Å²) in [5, 5.41) is 5.03. The summed E-state index contributed by atoms with van der Waals surface area (Å²) in [5.74, 6) is -1.62. The zero-order valence-corrected chi connectivity index (χ0v) is 17.9. The second-order valence-corrected chi connectivity index (χ2v) is 6.95. The molecule has 0 spiro atoms. The van der Waals surface area contributed by atoms with Crippen LogP contribution in [-0.4, -0.2) is 50.1 Å². The second kappa shape index (κ2) is 14.3. The molecule has 2 aromatic rings. The minimum Gasteiger partial charge on any atom is -0.464 e. The van der Waals surface area contributed by atoms with Crippen LogP contribution >= 0.6 is 0 Å². The summed E-state index contributed by atoms with van der Waals surface area (Å²) in [6.07, 6.45) is 2.98. The summed E-state index contributed by atoms with van der Waals surface area (Å²) in [5.41, 5.74) is 0.971. The van der Waals surface area contributed by atoms with E-state index in [9.17, 15) is 19.2 Å². The monoisotopic (exact) mass is 440 g/mol. The van der Waals surface area contributed by atoms with Crippen LogP contribution in [0.1, 0.15) is 46.4 Å². The molecular weight excluding hydrogens is 412 g/mol. The number of amides is 2. The quantitative estimate of drug-likeness (QED) is 0.366. The Kier molecular flexibility index (Phi) is 11.0. The van der Waals surface area contributed by atoms with Crippen molar-refractivity contribution in [2.45, 2.75) is 25.7 Å². The highest BCUT2D eigenvalue weighted by Gasteiger charge is 2.09. The molecule has 0 aliphatic rings. The third kappa shape index (κ3) is 9.88. The number of ether oxygens (including phenoxy) is 2. The normalized spacial score (nSPS) is 10.1. The van der Waals surface area contributed by atoms with Gasteiger partial charge in [-0.25, -0.2) is 0 Å². The van der Waals surface area contributed by atoms with Crippen molar-refractivity contribution in [2.24, 2.45) is 0 Å². The van der Waals surface area contributed by atoms with Crippen LogP contribution in [-0.2, 0) is 19.1 Å². The molecule has 0 fully saturated rings. The highest BCUT2D eigenvalue weighted by atomic mass is 16.5. The number of hydrogen-bond acceptors (Lipinski definition) is 6. The fourth-order valence-electron chi connectivity index (χ4n) is 2.72. The van der Waals surface area contributed by atoms with Crippen molar-refractivity contribution in [3.05, 3.63) is 71.8 Å². The van der Waals surface area contributed by atoms with E-state index in [0.717, 1.165) is 12.8 Å². The molecule has 32 heavy (non-hydrogen) atoms. The molecule has 8 heteroatoms. The Morgan fingerprint density at radius 2 is 0.938 bits per heavy atom. The van der Waals surface area contributed by atoms with Gasteiger partial charge in [0.2, 0.25) is 0 Å². The third-order valence-corrected chi connectivity index (χ3v) is 4.42. The lowest BCUT2D eigenvalue weighted by atomic mass is 10.2. The molecule has 0 aromatic heterocycles. The molecule has 0 saturated carbocycles. The first-order valence-corrected chi connectivity index (χ1v) is 10.5. The van der Waals surface area contributed by atoms with Crippen LogP contribution in [0.2, 0.25) is 0 Å². The molecule has 2 N–H and O–H groups in total. The average molecular weight is 440 g/mol. The van der Waals surface area contributed by atoms with E-state index in [1.165, 1.54) is 0 Å². The number of carbonyl (C=O) groups is 4. The van der Waals surface area contributed by atoms with Gasteiger partial charge in [-0.15, -0.1) is 0 Å². The van der Waals surface area contributed by atoms with E-state index in [2.05, 4.69) is 10.6 Å². The van der Waals surface area contributed by atoms with Crippen molar-refractivity contribution in [1.29, 1.82) is 0 Å². The number of rotatable bonds is 13. The van der Waals surface area contributed by atoms with Gasteiger partial charge in [0.15, 0.2) is 0 Å². The molecule has 8 nitrogen and oxygen atoms in total. The molecule has 0 bridgehead atoms. The number of esters is 2. The molecule has 2 amide bonds. The molecule has 2 aromatic carbocycles. The number of nitrogens with one attached hydrogen (secondary N) is 2. The first-order chi connectivity index (χ1) is 15.6. The van der Waals surface area contributed by atoms with Gasteiger partial charge in [-0.05, 0) is 49.9 Å². The zero-order chi connectivity index (χ0) is 23.0. The maximum atomic E-state index is 11.8. The fraction of sp³-hybridized carbons (Fsp3) is 0.333. The SMILES string of the molecule is O=C(CNC(=O)c1ccccc1)OCCCCCCOC(=O)CNC(=O)c1ccccc1. The van der Waals surface area contributed by atoms with Crippen LogP contribution in [0.4, 0.5) is 0 Å². The van der Waals surface area contributed by atoms with Gasteiger partial charge >= 0.3 is 11.9 Å². The van der Waals surface area contributed by atoms with Crippen LogP contribution in [0, 0.1) is 0 Å². The number of benzene rings is 2. The van der Waals surface area contributed by atoms with Crippen molar-refractivity contribution in [3.63, 3.8) is 0 Å². The average Bonchev–Trinajstić information content (AvgIpc) is 2.83. The van der Waals surface area contributed by atoms with Gasteiger partial charge in [0.25, 0.3) is 11.8 Å². The summed E-state index contributed by atoms with van der Waals surface area (Å²) < 4.78 is 10.2. The zero-order valence-electron chi connectivity index (χ0n) is 17.9. The molecule has 170 valence electrons. The highest BCUT2D eigenvalue weighted by molar-refractivity contribution is 5.96. The van der Waals surface area contributed by atoms with Crippen LogP contribution in [0.25, 0.3) is 0 Å². The lowest BCUT2D eigenvalue weighted by Gasteiger charge is -2.08. The van der Waals surface area contributed by atoms with Crippen molar-refractivity contribution >= 4 is 23.8 Å². The molecule has 0 saturated heterocycles. The minimum absolute atomic E-state index is 0.176. The van der Waals surface area contributed by atoms with E-state index in [4.69, 9.17) is 9.47 Å². The van der Waals surface area contributed by atoms with Crippen LogP contribution < -0.4 is 10.6 Å². The first kappa shape index (κ1) is 24.6. The van der Waals surface area contributed by atoms with E-state index >= 15 is 0 Å². The fourth-order valence-corrected chi connectivity index (χ4v) is 2.72. The summed E-state index contributed by atoms with van der Waals surface area (Å²) in [6.45, 7) is 0.186. The van der Waals surface area contributed by atoms with Crippen LogP contribution in [0.5, 0.6) is 0 Å². The predicted molar refractivity (Wildman–Crippen MR) is 118 cm³/mol. The van der Waals surface area contributed by atoms with Crippen LogP contribution in [0.15, 0.2) is 60.7 Å². The highest BCUT2D eigenvalue weighted by Crippen LogP contribution is 2.02. The standard InChI is InChI=1S/C24H28N2O6/c27-21(17-25-23(29)19-11-5-3-6-12-19)31-15-9-1-2-10-16-32-22(28)18-26-24(30)20-13-7-4-8-14-20/h3-8,11-14H,1-2,9-10,15-18H2,(H,25,29)(H,26,30). The van der Waals surface area contributed by atoms with Gasteiger partial charge in [0.1, 0.15) is 13.1 Å². The van der Waals surface area contributed by atoms with Gasteiger partial charge in [0, 0.05) is 11.1 Å². The van der Waals surface area contributed by atoms with E-state index in [1.54, 1.807) is 48.5 Å². The maximum Gasteiger partial charge on any atom is 0.325 e. The van der Waals surface area contributed by atoms with Gasteiger partial charge in [0.05, 0.1) is 13.2 Å². The minimum atomic E-state index is -0.485. The van der Waals surface area contributed by atoms with E-state index < -0.39 is 11.9 Å². The Bertz CT molecular complexity index is 797. The smallest absolute Gasteiger partial charge is 0.325 e. The molecule has 0 aliphatic heterocycles. The van der Waals surface area contributed by atoms with Crippen molar-refractivity contribution in [2.75, 3.05) is 26.3 Å². The third-order valence-electron chi connectivity index (χ3n) is 4.42. The van der Waals surface area contributed by atoms with Crippen molar-refractivity contribution in [1.82, 2.24) is 10.6 Å². The maximum absolute atomic E-state index is 11.8. The number of carbonyl (C=O) groups excluding carboxylic acids is 4. The number of hydrogen-bond donors (Lipinski definition) is 2. The molecule has 0 radical (unpaired) electrons. The first-order valence-electron chi connectivity index (χ1n) is 10.5. The Hall–Kier alpha value is -3.68. The summed E-state index contributed by atoms with van der Waals surface area (Å²) in [7, 11) is 0. The molecule has 0 unspecified atom stereocenters. The van der Waals surface area contributed by atoms with Gasteiger partial charge in [-0.3, -0.25) is 19.2 Å². The van der Waals surface area contributed by atoms with Crippen molar-refractivity contribution < 1.29 is 28.7 Å². The van der Waals surface area contributed by atoms with Crippen molar-refractivity contribution in [3.8, 4) is 0 Å². The van der Waals surface area contributed by atoms with E-state index in [0.29, 0.717) is 24.0 Å². The molecular formula is C24H28N2O6. The molecule has 0 aliphatic carbocycles. The molecule has 2 rings (SSSR count). The van der Waals surface area contributed by atoms with Crippen LogP contribution in [0.3, 0.4) is 0 Å². The van der Waals surface area contributed by atoms with E-state index in [-0.39, 0.29) is 38.1 Å². The summed E-state index contributed by atoms with van der Waals surface area (Å²) in [6, 6.07) is 17.3. The second-order valence-electron chi connectivity index (χ2n) is 6.95. The Morgan fingerprint density at radius 3 is 1.31 bits per heavy atom. The lowest BCUT2D eigenvalue weighted by molar-refractivity contribution is -0.143. The van der Waals surface area contributed by atoms with Gasteiger partial charge in [-0.1, -0.05) is 36.4 Å². The predicted octanol–water partition coefficient (Wildman–Crippen LogP) is 2.49. The number of unbranched alkanes of at least 4 members (excludes halogenated alkanes) is 3. The lowest BCUT2D eigenvalue weighted by Crippen LogP contribution is -2.30. The van der Waals surface area contributed by atoms with Gasteiger partial charge in [-0.2, -0.15) is 0 Å². The Morgan fingerprint density at radius 1 is 0.562 bits per heavy atom. The Labute approximate surface area is 187 Å². The summed E-state index contributed by atoms with van der Waals surface area (Å²) in [4.78, 5) is 47.0. The molecule has 0 heterocycles. The Balaban J connectivity index is 1.42. The summed E-state index contributed by atoms with van der Waals surface area (Å²) >= 11 is 0.